The average Bonchev–Trinajstić information content (AvgIpc) is 2.88. The Morgan fingerprint density at radius 1 is 1.22 bits per heavy atom. The van der Waals surface area contributed by atoms with Crippen LogP contribution in [0.1, 0.15) is 40.5 Å². The molecular weight excluding hydrogens is 310 g/mol. The standard InChI is InChI=1S/C16H23N5OS/c1-15(2)8-10(9-16(3,4)21-15)17-14-18-13(22)12(19-20-14)11-6-5-7-23-11/h5-7,10,21H,8-9H2,1-4H3,(H2,17,18,20,22). The summed E-state index contributed by atoms with van der Waals surface area (Å²) in [7, 11) is 0. The van der Waals surface area contributed by atoms with E-state index in [-0.39, 0.29) is 22.7 Å². The van der Waals surface area contributed by atoms with Gasteiger partial charge in [-0.25, -0.2) is 0 Å². The van der Waals surface area contributed by atoms with E-state index in [1.165, 1.54) is 11.3 Å². The number of piperidine rings is 1. The van der Waals surface area contributed by atoms with E-state index in [2.05, 4.69) is 53.5 Å². The minimum absolute atomic E-state index is 0.0318. The first kappa shape index (κ1) is 16.1. The second-order valence-electron chi connectivity index (χ2n) is 7.47. The zero-order valence-corrected chi connectivity index (χ0v) is 14.8. The minimum atomic E-state index is -0.211. The first-order chi connectivity index (χ1) is 10.7. The molecule has 0 atom stereocenters. The summed E-state index contributed by atoms with van der Waals surface area (Å²) in [5, 5.41) is 17.2. The molecule has 1 fully saturated rings. The van der Waals surface area contributed by atoms with Crippen LogP contribution in [0.5, 0.6) is 0 Å². The van der Waals surface area contributed by atoms with E-state index >= 15 is 0 Å². The zero-order valence-electron chi connectivity index (χ0n) is 13.9. The van der Waals surface area contributed by atoms with E-state index in [1.807, 2.05) is 17.5 Å². The lowest BCUT2D eigenvalue weighted by molar-refractivity contribution is 0.170. The van der Waals surface area contributed by atoms with Crippen molar-refractivity contribution >= 4 is 17.3 Å². The van der Waals surface area contributed by atoms with Crippen LogP contribution in [0.3, 0.4) is 0 Å². The van der Waals surface area contributed by atoms with Gasteiger partial charge in [-0.3, -0.25) is 9.78 Å². The van der Waals surface area contributed by atoms with Crippen LogP contribution < -0.4 is 16.2 Å². The van der Waals surface area contributed by atoms with E-state index in [0.29, 0.717) is 11.6 Å². The molecule has 1 saturated heterocycles. The van der Waals surface area contributed by atoms with E-state index in [9.17, 15) is 4.79 Å². The molecule has 124 valence electrons. The summed E-state index contributed by atoms with van der Waals surface area (Å²) in [6.07, 6.45) is 1.90. The van der Waals surface area contributed by atoms with Gasteiger partial charge in [0.1, 0.15) is 0 Å². The first-order valence-corrected chi connectivity index (χ1v) is 8.69. The number of anilines is 1. The van der Waals surface area contributed by atoms with Crippen molar-refractivity contribution in [1.29, 1.82) is 0 Å². The van der Waals surface area contributed by atoms with Crippen LogP contribution in [0.15, 0.2) is 22.3 Å². The van der Waals surface area contributed by atoms with Gasteiger partial charge in [-0.1, -0.05) is 6.07 Å². The predicted molar refractivity (Wildman–Crippen MR) is 93.9 cm³/mol. The van der Waals surface area contributed by atoms with Crippen molar-refractivity contribution in [3.63, 3.8) is 0 Å². The number of hydrogen-bond acceptors (Lipinski definition) is 6. The molecule has 3 N–H and O–H groups in total. The Morgan fingerprint density at radius 3 is 2.48 bits per heavy atom. The molecule has 1 aliphatic heterocycles. The monoisotopic (exact) mass is 333 g/mol. The van der Waals surface area contributed by atoms with Crippen molar-refractivity contribution in [3.8, 4) is 10.6 Å². The fraction of sp³-hybridized carbons (Fsp3) is 0.562. The number of H-pyrrole nitrogens is 1. The summed E-state index contributed by atoms with van der Waals surface area (Å²) in [5.74, 6) is 0.439. The smallest absolute Gasteiger partial charge is 0.279 e. The van der Waals surface area contributed by atoms with Gasteiger partial charge in [0, 0.05) is 17.1 Å². The molecule has 3 rings (SSSR count). The van der Waals surface area contributed by atoms with Crippen molar-refractivity contribution in [1.82, 2.24) is 20.5 Å². The number of aromatic amines is 1. The molecule has 3 heterocycles. The maximum absolute atomic E-state index is 12.2. The SMILES string of the molecule is CC1(C)CC(Nc2nnc(-c3cccs3)c(=O)[nH]2)CC(C)(C)N1. The normalized spacial score (nSPS) is 20.3. The summed E-state index contributed by atoms with van der Waals surface area (Å²) in [6.45, 7) is 8.77. The van der Waals surface area contributed by atoms with Gasteiger partial charge in [-0.15, -0.1) is 21.5 Å². The van der Waals surface area contributed by atoms with Crippen molar-refractivity contribution in [2.45, 2.75) is 57.7 Å². The van der Waals surface area contributed by atoms with E-state index in [1.54, 1.807) is 0 Å². The van der Waals surface area contributed by atoms with Gasteiger partial charge < -0.3 is 10.6 Å². The summed E-state index contributed by atoms with van der Waals surface area (Å²) in [4.78, 5) is 15.9. The van der Waals surface area contributed by atoms with Crippen LogP contribution in [-0.4, -0.2) is 32.3 Å². The molecule has 7 heteroatoms. The number of thiophene rings is 1. The quantitative estimate of drug-likeness (QED) is 0.804. The molecule has 0 aromatic carbocycles. The molecule has 0 unspecified atom stereocenters. The van der Waals surface area contributed by atoms with E-state index in [0.717, 1.165) is 17.7 Å². The Bertz CT molecular complexity index is 719. The largest absolute Gasteiger partial charge is 0.352 e. The van der Waals surface area contributed by atoms with Gasteiger partial charge in [0.05, 0.1) is 4.88 Å². The Morgan fingerprint density at radius 2 is 1.91 bits per heavy atom. The number of rotatable bonds is 3. The molecule has 2 aromatic rings. The van der Waals surface area contributed by atoms with Crippen molar-refractivity contribution in [2.75, 3.05) is 5.32 Å². The predicted octanol–water partition coefficient (Wildman–Crippen LogP) is 2.61. The Kier molecular flexibility index (Phi) is 4.01. The summed E-state index contributed by atoms with van der Waals surface area (Å²) >= 11 is 1.48. The number of aromatic nitrogens is 3. The number of nitrogens with zero attached hydrogens (tertiary/aromatic N) is 2. The molecule has 1 aliphatic rings. The van der Waals surface area contributed by atoms with Gasteiger partial charge in [-0.05, 0) is 52.0 Å². The highest BCUT2D eigenvalue weighted by atomic mass is 32.1. The molecular formula is C16H23N5OS. The van der Waals surface area contributed by atoms with Crippen LogP contribution in [0.4, 0.5) is 5.95 Å². The molecule has 0 radical (unpaired) electrons. The van der Waals surface area contributed by atoms with Gasteiger partial charge in [-0.2, -0.15) is 0 Å². The first-order valence-electron chi connectivity index (χ1n) is 7.81. The van der Waals surface area contributed by atoms with Crippen LogP contribution in [0.25, 0.3) is 10.6 Å². The summed E-state index contributed by atoms with van der Waals surface area (Å²) < 4.78 is 0. The fourth-order valence-electron chi connectivity index (χ4n) is 3.59. The van der Waals surface area contributed by atoms with Gasteiger partial charge in [0.2, 0.25) is 5.95 Å². The number of hydrogen-bond donors (Lipinski definition) is 3. The lowest BCUT2D eigenvalue weighted by Gasteiger charge is -2.46. The second-order valence-corrected chi connectivity index (χ2v) is 8.42. The molecule has 0 amide bonds. The van der Waals surface area contributed by atoms with Crippen LogP contribution in [0, 0.1) is 0 Å². The van der Waals surface area contributed by atoms with Crippen molar-refractivity contribution < 1.29 is 0 Å². The van der Waals surface area contributed by atoms with Crippen molar-refractivity contribution in [3.05, 3.63) is 27.9 Å². The molecule has 0 bridgehead atoms. The lowest BCUT2D eigenvalue weighted by Crippen LogP contribution is -2.60. The molecule has 2 aromatic heterocycles. The molecule has 0 saturated carbocycles. The Balaban J connectivity index is 1.78. The highest BCUT2D eigenvalue weighted by molar-refractivity contribution is 7.13. The minimum Gasteiger partial charge on any atom is -0.352 e. The molecule has 0 spiro atoms. The Hall–Kier alpha value is -1.73. The van der Waals surface area contributed by atoms with E-state index in [4.69, 9.17) is 0 Å². The molecule has 0 aliphatic carbocycles. The molecule has 23 heavy (non-hydrogen) atoms. The maximum Gasteiger partial charge on any atom is 0.279 e. The third kappa shape index (κ3) is 3.79. The Labute approximate surface area is 139 Å². The third-order valence-electron chi connectivity index (χ3n) is 3.98. The van der Waals surface area contributed by atoms with Gasteiger partial charge in [0.15, 0.2) is 5.69 Å². The lowest BCUT2D eigenvalue weighted by atomic mass is 9.80. The highest BCUT2D eigenvalue weighted by Gasteiger charge is 2.37. The molecule has 6 nitrogen and oxygen atoms in total. The zero-order chi connectivity index (χ0) is 16.7. The van der Waals surface area contributed by atoms with Crippen molar-refractivity contribution in [2.24, 2.45) is 0 Å². The van der Waals surface area contributed by atoms with Crippen LogP contribution in [0.2, 0.25) is 0 Å². The van der Waals surface area contributed by atoms with Crippen LogP contribution in [-0.2, 0) is 0 Å². The van der Waals surface area contributed by atoms with E-state index < -0.39 is 0 Å². The maximum atomic E-state index is 12.2. The fourth-order valence-corrected chi connectivity index (χ4v) is 4.30. The summed E-state index contributed by atoms with van der Waals surface area (Å²) in [6, 6.07) is 4.00. The summed E-state index contributed by atoms with van der Waals surface area (Å²) in [5.41, 5.74) is 0.225. The second kappa shape index (κ2) is 5.72. The average molecular weight is 333 g/mol. The van der Waals surface area contributed by atoms with Crippen LogP contribution >= 0.6 is 11.3 Å². The van der Waals surface area contributed by atoms with Gasteiger partial charge in [0.25, 0.3) is 5.56 Å². The number of nitrogens with one attached hydrogen (secondary N) is 3. The topological polar surface area (TPSA) is 82.7 Å². The van der Waals surface area contributed by atoms with Gasteiger partial charge >= 0.3 is 0 Å². The third-order valence-corrected chi connectivity index (χ3v) is 4.86. The highest BCUT2D eigenvalue weighted by Crippen LogP contribution is 2.29.